The van der Waals surface area contributed by atoms with E-state index >= 15 is 0 Å². The summed E-state index contributed by atoms with van der Waals surface area (Å²) in [5.74, 6) is 0.853. The molecule has 2 bridgehead atoms. The lowest BCUT2D eigenvalue weighted by atomic mass is 9.96. The molecule has 0 aromatic heterocycles. The summed E-state index contributed by atoms with van der Waals surface area (Å²) in [6.07, 6.45) is 4.31. The molecule has 0 spiro atoms. The number of guanidine groups is 1. The molecule has 0 aliphatic carbocycles. The molecule has 2 aliphatic heterocycles. The monoisotopic (exact) mass is 465 g/mol. The summed E-state index contributed by atoms with van der Waals surface area (Å²) in [5.41, 5.74) is 1.23. The van der Waals surface area contributed by atoms with Crippen molar-refractivity contribution in [1.29, 1.82) is 0 Å². The van der Waals surface area contributed by atoms with Gasteiger partial charge in [-0.1, -0.05) is 28.1 Å². The van der Waals surface area contributed by atoms with E-state index in [1.807, 2.05) is 19.2 Å². The summed E-state index contributed by atoms with van der Waals surface area (Å²) < 4.78 is 6.96. The lowest BCUT2D eigenvalue weighted by molar-refractivity contribution is 0.0992. The average Bonchev–Trinajstić information content (AvgIpc) is 3.06. The second-order valence-corrected chi connectivity index (χ2v) is 6.33. The van der Waals surface area contributed by atoms with Crippen molar-refractivity contribution in [2.24, 2.45) is 4.99 Å². The van der Waals surface area contributed by atoms with Crippen LogP contribution in [0.2, 0.25) is 0 Å². The summed E-state index contributed by atoms with van der Waals surface area (Å²) in [7, 11) is 1.81. The van der Waals surface area contributed by atoms with E-state index in [4.69, 9.17) is 4.74 Å². The molecule has 2 heterocycles. The van der Waals surface area contributed by atoms with Crippen LogP contribution in [0.1, 0.15) is 24.8 Å². The van der Waals surface area contributed by atoms with Crippen LogP contribution in [0, 0.1) is 0 Å². The molecule has 2 fully saturated rings. The molecule has 1 aromatic carbocycles. The predicted molar refractivity (Wildman–Crippen MR) is 99.2 cm³/mol. The summed E-state index contributed by atoms with van der Waals surface area (Å²) in [6.45, 7) is 0.765. The highest BCUT2D eigenvalue weighted by Gasteiger charge is 2.41. The number of ether oxygens (including phenoxy) is 1. The first kappa shape index (κ1) is 17.0. The Balaban J connectivity index is 0.00000161. The molecule has 1 aromatic rings. The summed E-state index contributed by atoms with van der Waals surface area (Å²) in [6, 6.07) is 8.69. The minimum absolute atomic E-state index is 0. The van der Waals surface area contributed by atoms with Crippen LogP contribution in [0.5, 0.6) is 0 Å². The van der Waals surface area contributed by atoms with Gasteiger partial charge in [0, 0.05) is 18.1 Å². The van der Waals surface area contributed by atoms with Crippen molar-refractivity contribution in [1.82, 2.24) is 10.6 Å². The Labute approximate surface area is 151 Å². The minimum atomic E-state index is 0. The number of fused-ring (bicyclic) bond motifs is 2. The van der Waals surface area contributed by atoms with Crippen molar-refractivity contribution in [3.8, 4) is 0 Å². The van der Waals surface area contributed by atoms with Gasteiger partial charge in [-0.15, -0.1) is 24.0 Å². The molecule has 0 saturated carbocycles. The molecule has 2 N–H and O–H groups in total. The Morgan fingerprint density at radius 2 is 2.29 bits per heavy atom. The zero-order valence-corrected chi connectivity index (χ0v) is 15.9. The van der Waals surface area contributed by atoms with Gasteiger partial charge in [-0.05, 0) is 37.0 Å². The third-order valence-corrected chi connectivity index (χ3v) is 4.49. The Hall–Kier alpha value is -0.340. The van der Waals surface area contributed by atoms with Gasteiger partial charge in [0.05, 0.1) is 18.2 Å². The fraction of sp³-hybridized carbons (Fsp3) is 0.533. The summed E-state index contributed by atoms with van der Waals surface area (Å²) in [4.78, 5) is 4.30. The van der Waals surface area contributed by atoms with E-state index in [2.05, 4.69) is 43.7 Å². The fourth-order valence-electron chi connectivity index (χ4n) is 2.99. The van der Waals surface area contributed by atoms with Crippen LogP contribution in [0.4, 0.5) is 0 Å². The highest BCUT2D eigenvalue weighted by atomic mass is 127. The normalized spacial score (nSPS) is 27.3. The maximum Gasteiger partial charge on any atom is 0.191 e. The van der Waals surface area contributed by atoms with Gasteiger partial charge in [0.2, 0.25) is 0 Å². The number of hydrogen-bond donors (Lipinski definition) is 2. The van der Waals surface area contributed by atoms with Gasteiger partial charge in [-0.25, -0.2) is 0 Å². The number of benzene rings is 1. The van der Waals surface area contributed by atoms with E-state index in [9.17, 15) is 0 Å². The van der Waals surface area contributed by atoms with Crippen molar-refractivity contribution in [2.75, 3.05) is 7.05 Å². The van der Waals surface area contributed by atoms with E-state index in [1.165, 1.54) is 18.4 Å². The van der Waals surface area contributed by atoms with Gasteiger partial charge in [0.15, 0.2) is 5.96 Å². The molecule has 6 heteroatoms. The second kappa shape index (κ2) is 7.78. The molecular formula is C15H21BrIN3O. The zero-order valence-electron chi connectivity index (χ0n) is 12.0. The SMILES string of the molecule is CN=C(NCc1cccc(Br)c1)NC1CC2CCC1O2.I. The van der Waals surface area contributed by atoms with E-state index < -0.39 is 0 Å². The first-order valence-electron chi connectivity index (χ1n) is 7.11. The molecular weight excluding hydrogens is 445 g/mol. The molecule has 4 nitrogen and oxygen atoms in total. The molecule has 0 radical (unpaired) electrons. The average molecular weight is 466 g/mol. The first-order valence-corrected chi connectivity index (χ1v) is 7.91. The third-order valence-electron chi connectivity index (χ3n) is 4.00. The van der Waals surface area contributed by atoms with Crippen LogP contribution < -0.4 is 10.6 Å². The standard InChI is InChI=1S/C15H20BrN3O.HI/c1-17-15(18-9-10-3-2-4-11(16)7-10)19-13-8-12-5-6-14(13)20-12;/h2-4,7,12-14H,5-6,8-9H2,1H3,(H2,17,18,19);1H. The van der Waals surface area contributed by atoms with Crippen LogP contribution in [0.3, 0.4) is 0 Å². The third kappa shape index (κ3) is 4.32. The topological polar surface area (TPSA) is 45.7 Å². The molecule has 21 heavy (non-hydrogen) atoms. The molecule has 3 atom stereocenters. The van der Waals surface area contributed by atoms with Crippen LogP contribution in [-0.4, -0.2) is 31.3 Å². The smallest absolute Gasteiger partial charge is 0.191 e. The lowest BCUT2D eigenvalue weighted by Gasteiger charge is -2.22. The summed E-state index contributed by atoms with van der Waals surface area (Å²) in [5, 5.41) is 6.85. The molecule has 3 rings (SSSR count). The Morgan fingerprint density at radius 1 is 1.43 bits per heavy atom. The molecule has 0 amide bonds. The van der Waals surface area contributed by atoms with Crippen LogP contribution in [-0.2, 0) is 11.3 Å². The summed E-state index contributed by atoms with van der Waals surface area (Å²) >= 11 is 3.49. The molecule has 2 saturated heterocycles. The quantitative estimate of drug-likeness (QED) is 0.409. The Kier molecular flexibility index (Phi) is 6.31. The van der Waals surface area contributed by atoms with E-state index in [0.29, 0.717) is 18.2 Å². The highest BCUT2D eigenvalue weighted by Crippen LogP contribution is 2.34. The minimum Gasteiger partial charge on any atom is -0.373 e. The lowest BCUT2D eigenvalue weighted by Crippen LogP contribution is -2.47. The van der Waals surface area contributed by atoms with Crippen LogP contribution >= 0.6 is 39.9 Å². The fourth-order valence-corrected chi connectivity index (χ4v) is 3.44. The van der Waals surface area contributed by atoms with Crippen LogP contribution in [0.25, 0.3) is 0 Å². The van der Waals surface area contributed by atoms with E-state index in [1.54, 1.807) is 0 Å². The van der Waals surface area contributed by atoms with Crippen molar-refractivity contribution in [2.45, 2.75) is 44.1 Å². The van der Waals surface area contributed by atoms with E-state index in [-0.39, 0.29) is 24.0 Å². The van der Waals surface area contributed by atoms with E-state index in [0.717, 1.165) is 23.4 Å². The number of nitrogens with one attached hydrogen (secondary N) is 2. The first-order chi connectivity index (χ1) is 9.74. The van der Waals surface area contributed by atoms with Gasteiger partial charge >= 0.3 is 0 Å². The Bertz CT molecular complexity index is 511. The number of nitrogens with zero attached hydrogens (tertiary/aromatic N) is 1. The van der Waals surface area contributed by atoms with Gasteiger partial charge in [0.1, 0.15) is 0 Å². The second-order valence-electron chi connectivity index (χ2n) is 5.42. The van der Waals surface area contributed by atoms with Gasteiger partial charge in [-0.3, -0.25) is 4.99 Å². The zero-order chi connectivity index (χ0) is 13.9. The van der Waals surface area contributed by atoms with Crippen LogP contribution in [0.15, 0.2) is 33.7 Å². The maximum atomic E-state index is 5.86. The van der Waals surface area contributed by atoms with Crippen molar-refractivity contribution >= 4 is 45.9 Å². The van der Waals surface area contributed by atoms with Crippen molar-refractivity contribution < 1.29 is 4.74 Å². The van der Waals surface area contributed by atoms with Gasteiger partial charge in [0.25, 0.3) is 0 Å². The Morgan fingerprint density at radius 3 is 2.90 bits per heavy atom. The maximum absolute atomic E-state index is 5.86. The highest BCUT2D eigenvalue weighted by molar-refractivity contribution is 14.0. The molecule has 116 valence electrons. The molecule has 2 aliphatic rings. The number of aliphatic imine (C=N–C) groups is 1. The number of rotatable bonds is 3. The van der Waals surface area contributed by atoms with Gasteiger partial charge in [-0.2, -0.15) is 0 Å². The predicted octanol–water partition coefficient (Wildman–Crippen LogP) is 3.05. The number of hydrogen-bond acceptors (Lipinski definition) is 2. The van der Waals surface area contributed by atoms with Crippen molar-refractivity contribution in [3.05, 3.63) is 34.3 Å². The molecule has 3 unspecified atom stereocenters. The van der Waals surface area contributed by atoms with Crippen molar-refractivity contribution in [3.63, 3.8) is 0 Å². The largest absolute Gasteiger partial charge is 0.373 e. The number of halogens is 2. The van der Waals surface area contributed by atoms with Gasteiger partial charge < -0.3 is 15.4 Å².